The zero-order chi connectivity index (χ0) is 11.7. The third-order valence-corrected chi connectivity index (χ3v) is 4.03. The molecule has 0 atom stereocenters. The number of carbonyl (C=O) groups is 1. The first-order valence-corrected chi connectivity index (χ1v) is 5.66. The fourth-order valence-corrected chi connectivity index (χ4v) is 1.96. The van der Waals surface area contributed by atoms with Gasteiger partial charge in [0.1, 0.15) is 0 Å². The lowest BCUT2D eigenvalue weighted by atomic mass is 10.0. The summed E-state index contributed by atoms with van der Waals surface area (Å²) >= 11 is 3.55. The fourth-order valence-electron chi connectivity index (χ4n) is 1.55. The second-order valence-corrected chi connectivity index (χ2v) is 4.65. The Labute approximate surface area is 99.4 Å². The van der Waals surface area contributed by atoms with Crippen molar-refractivity contribution in [1.29, 1.82) is 0 Å². The zero-order valence-corrected chi connectivity index (χ0v) is 11.4. The second-order valence-electron chi connectivity index (χ2n) is 3.85. The monoisotopic (exact) mass is 269 g/mol. The molecule has 82 valence electrons. The molecule has 0 spiro atoms. The summed E-state index contributed by atoms with van der Waals surface area (Å²) < 4.78 is 1.13. The topological polar surface area (TPSA) is 20.3 Å². The van der Waals surface area contributed by atoms with E-state index in [0.717, 1.165) is 21.3 Å². The van der Waals surface area contributed by atoms with Crippen LogP contribution in [0.15, 0.2) is 10.5 Å². The Bertz CT molecular complexity index is 413. The summed E-state index contributed by atoms with van der Waals surface area (Å²) in [7, 11) is 1.80. The molecule has 1 amide bonds. The lowest BCUT2D eigenvalue weighted by Crippen LogP contribution is -2.24. The van der Waals surface area contributed by atoms with Crippen molar-refractivity contribution >= 4 is 27.5 Å². The van der Waals surface area contributed by atoms with Crippen LogP contribution in [0, 0.1) is 20.8 Å². The molecular formula is C12H16BrNO. The first-order valence-electron chi connectivity index (χ1n) is 4.86. The first-order chi connectivity index (χ1) is 6.86. The number of anilines is 1. The average Bonchev–Trinajstić information content (AvgIpc) is 2.19. The molecule has 0 heterocycles. The van der Waals surface area contributed by atoms with Gasteiger partial charge in [0.15, 0.2) is 0 Å². The van der Waals surface area contributed by atoms with E-state index in [0.29, 0.717) is 0 Å². The van der Waals surface area contributed by atoms with E-state index in [1.807, 2.05) is 19.9 Å². The fraction of sp³-hybridized carbons (Fsp3) is 0.417. The predicted octanol–water partition coefficient (Wildman–Crippen LogP) is 3.36. The van der Waals surface area contributed by atoms with Gasteiger partial charge in [-0.1, -0.05) is 15.9 Å². The van der Waals surface area contributed by atoms with Gasteiger partial charge >= 0.3 is 0 Å². The van der Waals surface area contributed by atoms with E-state index < -0.39 is 0 Å². The summed E-state index contributed by atoms with van der Waals surface area (Å²) in [6, 6.07) is 2.04. The van der Waals surface area contributed by atoms with Crippen molar-refractivity contribution in [3.63, 3.8) is 0 Å². The van der Waals surface area contributed by atoms with E-state index in [4.69, 9.17) is 0 Å². The quantitative estimate of drug-likeness (QED) is 0.766. The van der Waals surface area contributed by atoms with Gasteiger partial charge in [0.25, 0.3) is 0 Å². The van der Waals surface area contributed by atoms with Gasteiger partial charge < -0.3 is 4.90 Å². The van der Waals surface area contributed by atoms with Gasteiger partial charge in [-0.15, -0.1) is 0 Å². The van der Waals surface area contributed by atoms with Crippen molar-refractivity contribution in [1.82, 2.24) is 0 Å². The lowest BCUT2D eigenvalue weighted by molar-refractivity contribution is -0.116. The van der Waals surface area contributed by atoms with Gasteiger partial charge in [0.05, 0.1) is 0 Å². The standard InChI is InChI=1S/C12H16BrNO/c1-7-6-11(14(5)10(4)15)8(2)9(3)12(7)13/h6H,1-5H3. The molecule has 0 aliphatic rings. The second kappa shape index (κ2) is 4.35. The third kappa shape index (κ3) is 2.23. The van der Waals surface area contributed by atoms with Crippen LogP contribution in [0.3, 0.4) is 0 Å². The van der Waals surface area contributed by atoms with Crippen LogP contribution in [0.25, 0.3) is 0 Å². The maximum Gasteiger partial charge on any atom is 0.223 e. The summed E-state index contributed by atoms with van der Waals surface area (Å²) in [6.45, 7) is 7.71. The van der Waals surface area contributed by atoms with E-state index in [1.54, 1.807) is 18.9 Å². The molecule has 2 nitrogen and oxygen atoms in total. The van der Waals surface area contributed by atoms with Crippen LogP contribution >= 0.6 is 15.9 Å². The van der Waals surface area contributed by atoms with E-state index in [2.05, 4.69) is 22.9 Å². The van der Waals surface area contributed by atoms with Gasteiger partial charge in [-0.05, 0) is 43.5 Å². The molecule has 3 heteroatoms. The number of amides is 1. The Hall–Kier alpha value is -0.830. The van der Waals surface area contributed by atoms with Gasteiger partial charge in [-0.25, -0.2) is 0 Å². The van der Waals surface area contributed by atoms with Crippen LogP contribution in [0.2, 0.25) is 0 Å². The Morgan fingerprint density at radius 3 is 2.27 bits per heavy atom. The molecule has 0 saturated heterocycles. The average molecular weight is 270 g/mol. The van der Waals surface area contributed by atoms with Crippen LogP contribution in [-0.2, 0) is 4.79 Å². The molecule has 0 saturated carbocycles. The Balaban J connectivity index is 3.38. The minimum atomic E-state index is 0.0548. The summed E-state index contributed by atoms with van der Waals surface area (Å²) in [5.41, 5.74) is 4.48. The molecule has 0 fully saturated rings. The molecule has 1 aromatic rings. The first kappa shape index (κ1) is 12.2. The highest BCUT2D eigenvalue weighted by molar-refractivity contribution is 9.10. The van der Waals surface area contributed by atoms with Crippen LogP contribution in [0.4, 0.5) is 5.69 Å². The maximum absolute atomic E-state index is 11.3. The number of rotatable bonds is 1. The minimum absolute atomic E-state index is 0.0548. The molecule has 1 rings (SSSR count). The predicted molar refractivity (Wildman–Crippen MR) is 67.4 cm³/mol. The third-order valence-electron chi connectivity index (χ3n) is 2.81. The van der Waals surface area contributed by atoms with Crippen LogP contribution in [-0.4, -0.2) is 13.0 Å². The molecule has 0 aliphatic heterocycles. The number of halogens is 1. The zero-order valence-electron chi connectivity index (χ0n) is 9.81. The highest BCUT2D eigenvalue weighted by Gasteiger charge is 2.13. The molecule has 0 bridgehead atoms. The smallest absolute Gasteiger partial charge is 0.223 e. The highest BCUT2D eigenvalue weighted by atomic mass is 79.9. The van der Waals surface area contributed by atoms with Gasteiger partial charge in [-0.2, -0.15) is 0 Å². The van der Waals surface area contributed by atoms with Gasteiger partial charge in [0.2, 0.25) is 5.91 Å². The van der Waals surface area contributed by atoms with Crippen molar-refractivity contribution in [2.75, 3.05) is 11.9 Å². The molecule has 1 aromatic carbocycles. The number of hydrogen-bond donors (Lipinski definition) is 0. The van der Waals surface area contributed by atoms with Gasteiger partial charge in [-0.3, -0.25) is 4.79 Å². The van der Waals surface area contributed by atoms with E-state index in [9.17, 15) is 4.79 Å². The Kier molecular flexibility index (Phi) is 3.55. The number of carbonyl (C=O) groups excluding carboxylic acids is 1. The number of nitrogens with zero attached hydrogens (tertiary/aromatic N) is 1. The molecular weight excluding hydrogens is 254 g/mol. The summed E-state index contributed by atoms with van der Waals surface area (Å²) in [4.78, 5) is 13.0. The van der Waals surface area contributed by atoms with Crippen LogP contribution < -0.4 is 4.90 Å². The van der Waals surface area contributed by atoms with Crippen molar-refractivity contribution in [2.24, 2.45) is 0 Å². The van der Waals surface area contributed by atoms with Crippen molar-refractivity contribution in [3.05, 3.63) is 27.2 Å². The minimum Gasteiger partial charge on any atom is -0.315 e. The van der Waals surface area contributed by atoms with Crippen molar-refractivity contribution in [3.8, 4) is 0 Å². The van der Waals surface area contributed by atoms with Crippen molar-refractivity contribution in [2.45, 2.75) is 27.7 Å². The number of aryl methyl sites for hydroxylation is 1. The van der Waals surface area contributed by atoms with E-state index in [-0.39, 0.29) is 5.91 Å². The normalized spacial score (nSPS) is 10.3. The molecule has 0 N–H and O–H groups in total. The molecule has 15 heavy (non-hydrogen) atoms. The van der Waals surface area contributed by atoms with E-state index >= 15 is 0 Å². The van der Waals surface area contributed by atoms with Crippen LogP contribution in [0.1, 0.15) is 23.6 Å². The summed E-state index contributed by atoms with van der Waals surface area (Å²) in [6.07, 6.45) is 0. The molecule has 0 aromatic heterocycles. The largest absolute Gasteiger partial charge is 0.315 e. The van der Waals surface area contributed by atoms with Crippen molar-refractivity contribution < 1.29 is 4.79 Å². The Morgan fingerprint density at radius 1 is 1.27 bits per heavy atom. The number of hydrogen-bond acceptors (Lipinski definition) is 1. The Morgan fingerprint density at radius 2 is 1.80 bits per heavy atom. The highest BCUT2D eigenvalue weighted by Crippen LogP contribution is 2.31. The molecule has 0 unspecified atom stereocenters. The SMILES string of the molecule is CC(=O)N(C)c1cc(C)c(Br)c(C)c1C. The van der Waals surface area contributed by atoms with Gasteiger partial charge in [0, 0.05) is 24.1 Å². The number of benzene rings is 1. The summed E-state index contributed by atoms with van der Waals surface area (Å²) in [5.74, 6) is 0.0548. The summed E-state index contributed by atoms with van der Waals surface area (Å²) in [5, 5.41) is 0. The molecule has 0 radical (unpaired) electrons. The maximum atomic E-state index is 11.3. The van der Waals surface area contributed by atoms with E-state index in [1.165, 1.54) is 5.56 Å². The van der Waals surface area contributed by atoms with Crippen LogP contribution in [0.5, 0.6) is 0 Å². The lowest BCUT2D eigenvalue weighted by Gasteiger charge is -2.21. The molecule has 0 aliphatic carbocycles.